The molecule has 1 heterocycles. The molecule has 0 bridgehead atoms. The number of hydrogen-bond donors (Lipinski definition) is 1. The van der Waals surface area contributed by atoms with Crippen molar-refractivity contribution in [1.82, 2.24) is 0 Å². The Morgan fingerprint density at radius 1 is 1.17 bits per heavy atom. The van der Waals surface area contributed by atoms with Gasteiger partial charge in [0, 0.05) is 6.07 Å². The summed E-state index contributed by atoms with van der Waals surface area (Å²) in [6, 6.07) is 9.76. The molecule has 0 atom stereocenters. The van der Waals surface area contributed by atoms with Crippen molar-refractivity contribution in [3.8, 4) is 17.4 Å². The molecule has 0 radical (unpaired) electrons. The molecular formula is C13H12O5. The average Bonchev–Trinajstić information content (AvgIpc) is 2.81. The summed E-state index contributed by atoms with van der Waals surface area (Å²) in [5.41, 5.74) is 0. The highest BCUT2D eigenvalue weighted by molar-refractivity contribution is 5.84. The molecule has 5 heteroatoms. The van der Waals surface area contributed by atoms with E-state index in [0.29, 0.717) is 12.4 Å². The number of ether oxygens (including phenoxy) is 2. The number of carboxylic acid groups (broad SMARTS) is 1. The zero-order valence-corrected chi connectivity index (χ0v) is 9.75. The molecule has 0 amide bonds. The molecule has 2 aromatic rings. The van der Waals surface area contributed by atoms with E-state index < -0.39 is 5.97 Å². The first-order chi connectivity index (χ1) is 8.69. The Hall–Kier alpha value is -2.43. The number of rotatable bonds is 5. The number of furan rings is 1. The number of carboxylic acids is 1. The number of aromatic carboxylic acids is 1. The normalized spacial score (nSPS) is 10.1. The van der Waals surface area contributed by atoms with Crippen molar-refractivity contribution in [2.75, 3.05) is 6.61 Å². The fourth-order valence-corrected chi connectivity index (χ4v) is 1.38. The molecule has 5 nitrogen and oxygen atoms in total. The molecule has 0 unspecified atom stereocenters. The third kappa shape index (κ3) is 2.82. The van der Waals surface area contributed by atoms with E-state index in [9.17, 15) is 4.79 Å². The van der Waals surface area contributed by atoms with Crippen LogP contribution in [0.25, 0.3) is 0 Å². The second-order valence-corrected chi connectivity index (χ2v) is 3.43. The van der Waals surface area contributed by atoms with Crippen LogP contribution in [-0.4, -0.2) is 17.7 Å². The largest absolute Gasteiger partial charge is 0.494 e. The van der Waals surface area contributed by atoms with E-state index in [-0.39, 0.29) is 11.7 Å². The van der Waals surface area contributed by atoms with E-state index in [0.717, 1.165) is 5.75 Å². The summed E-state index contributed by atoms with van der Waals surface area (Å²) in [4.78, 5) is 10.6. The summed E-state index contributed by atoms with van der Waals surface area (Å²) in [6.07, 6.45) is 0. The molecule has 0 aliphatic rings. The fourth-order valence-electron chi connectivity index (χ4n) is 1.38. The molecule has 18 heavy (non-hydrogen) atoms. The van der Waals surface area contributed by atoms with Crippen LogP contribution in [-0.2, 0) is 0 Å². The molecule has 2 rings (SSSR count). The lowest BCUT2D eigenvalue weighted by molar-refractivity contribution is 0.0657. The third-order valence-electron chi connectivity index (χ3n) is 2.15. The van der Waals surface area contributed by atoms with Gasteiger partial charge in [-0.05, 0) is 37.3 Å². The van der Waals surface area contributed by atoms with Crippen molar-refractivity contribution < 1.29 is 23.8 Å². The maximum absolute atomic E-state index is 10.6. The van der Waals surface area contributed by atoms with Gasteiger partial charge in [0.1, 0.15) is 11.5 Å². The summed E-state index contributed by atoms with van der Waals surface area (Å²) < 4.78 is 15.6. The highest BCUT2D eigenvalue weighted by atomic mass is 16.6. The number of carbonyl (C=O) groups is 1. The van der Waals surface area contributed by atoms with Crippen LogP contribution in [0.2, 0.25) is 0 Å². The third-order valence-corrected chi connectivity index (χ3v) is 2.15. The van der Waals surface area contributed by atoms with Gasteiger partial charge in [-0.2, -0.15) is 0 Å². The molecule has 0 aliphatic carbocycles. The van der Waals surface area contributed by atoms with Crippen LogP contribution in [0.15, 0.2) is 40.8 Å². The Balaban J connectivity index is 2.06. The van der Waals surface area contributed by atoms with E-state index in [1.54, 1.807) is 24.3 Å². The molecule has 1 aromatic carbocycles. The van der Waals surface area contributed by atoms with Gasteiger partial charge in [0.15, 0.2) is 0 Å². The van der Waals surface area contributed by atoms with Crippen molar-refractivity contribution in [2.24, 2.45) is 0 Å². The van der Waals surface area contributed by atoms with E-state index in [2.05, 4.69) is 0 Å². The van der Waals surface area contributed by atoms with Crippen LogP contribution in [0.4, 0.5) is 0 Å². The van der Waals surface area contributed by atoms with Gasteiger partial charge in [-0.1, -0.05) is 0 Å². The zero-order valence-electron chi connectivity index (χ0n) is 9.75. The first kappa shape index (κ1) is 12.0. The predicted octanol–water partition coefficient (Wildman–Crippen LogP) is 3.17. The molecule has 0 aliphatic heterocycles. The van der Waals surface area contributed by atoms with Crippen molar-refractivity contribution in [2.45, 2.75) is 6.92 Å². The van der Waals surface area contributed by atoms with Crippen LogP contribution in [0.5, 0.6) is 17.4 Å². The van der Waals surface area contributed by atoms with Crippen LogP contribution < -0.4 is 9.47 Å². The first-order valence-corrected chi connectivity index (χ1v) is 5.43. The number of hydrogen-bond acceptors (Lipinski definition) is 4. The Bertz CT molecular complexity index is 527. The Kier molecular flexibility index (Phi) is 3.52. The summed E-state index contributed by atoms with van der Waals surface area (Å²) in [7, 11) is 0. The van der Waals surface area contributed by atoms with Crippen LogP contribution in [0.3, 0.4) is 0 Å². The molecule has 0 spiro atoms. The Morgan fingerprint density at radius 2 is 1.83 bits per heavy atom. The molecule has 94 valence electrons. The van der Waals surface area contributed by atoms with Crippen LogP contribution >= 0.6 is 0 Å². The average molecular weight is 248 g/mol. The van der Waals surface area contributed by atoms with Gasteiger partial charge in [-0.15, -0.1) is 0 Å². The second kappa shape index (κ2) is 5.27. The van der Waals surface area contributed by atoms with E-state index in [1.807, 2.05) is 6.92 Å². The topological polar surface area (TPSA) is 68.9 Å². The van der Waals surface area contributed by atoms with Gasteiger partial charge in [0.25, 0.3) is 5.95 Å². The lowest BCUT2D eigenvalue weighted by Gasteiger charge is -2.04. The van der Waals surface area contributed by atoms with Gasteiger partial charge in [0.05, 0.1) is 6.61 Å². The summed E-state index contributed by atoms with van der Waals surface area (Å²) in [6.45, 7) is 2.50. The van der Waals surface area contributed by atoms with Crippen molar-refractivity contribution in [1.29, 1.82) is 0 Å². The van der Waals surface area contributed by atoms with Gasteiger partial charge in [-0.25, -0.2) is 4.79 Å². The molecule has 1 N–H and O–H groups in total. The minimum atomic E-state index is -1.13. The summed E-state index contributed by atoms with van der Waals surface area (Å²) in [5, 5.41) is 8.69. The summed E-state index contributed by atoms with van der Waals surface area (Å²) in [5.74, 6) is 0.143. The SMILES string of the molecule is CCOc1ccc(Oc2ccc(C(=O)O)o2)cc1. The van der Waals surface area contributed by atoms with Gasteiger partial charge < -0.3 is 19.0 Å². The minimum absolute atomic E-state index is 0.136. The van der Waals surface area contributed by atoms with Gasteiger partial charge in [0.2, 0.25) is 5.76 Å². The summed E-state index contributed by atoms with van der Waals surface area (Å²) >= 11 is 0. The van der Waals surface area contributed by atoms with Gasteiger partial charge in [-0.3, -0.25) is 0 Å². The molecular weight excluding hydrogens is 236 g/mol. The van der Waals surface area contributed by atoms with Crippen LogP contribution in [0.1, 0.15) is 17.5 Å². The Morgan fingerprint density at radius 3 is 2.39 bits per heavy atom. The zero-order chi connectivity index (χ0) is 13.0. The maximum Gasteiger partial charge on any atom is 0.371 e. The molecule has 0 fully saturated rings. The predicted molar refractivity (Wildman–Crippen MR) is 63.4 cm³/mol. The smallest absolute Gasteiger partial charge is 0.371 e. The standard InChI is InChI=1S/C13H12O5/c1-2-16-9-3-5-10(6-4-9)17-12-8-7-11(18-12)13(14)15/h3-8H,2H2,1H3,(H,14,15). The van der Waals surface area contributed by atoms with Crippen molar-refractivity contribution in [3.05, 3.63) is 42.2 Å². The quantitative estimate of drug-likeness (QED) is 0.880. The highest BCUT2D eigenvalue weighted by Crippen LogP contribution is 2.25. The monoisotopic (exact) mass is 248 g/mol. The maximum atomic E-state index is 10.6. The Labute approximate surface area is 104 Å². The lowest BCUT2D eigenvalue weighted by atomic mass is 10.3. The molecule has 0 saturated heterocycles. The van der Waals surface area contributed by atoms with Crippen molar-refractivity contribution >= 4 is 5.97 Å². The second-order valence-electron chi connectivity index (χ2n) is 3.43. The van der Waals surface area contributed by atoms with E-state index in [4.69, 9.17) is 19.0 Å². The highest BCUT2D eigenvalue weighted by Gasteiger charge is 2.10. The van der Waals surface area contributed by atoms with E-state index in [1.165, 1.54) is 12.1 Å². The minimum Gasteiger partial charge on any atom is -0.494 e. The van der Waals surface area contributed by atoms with Crippen molar-refractivity contribution in [3.63, 3.8) is 0 Å². The van der Waals surface area contributed by atoms with E-state index >= 15 is 0 Å². The number of benzene rings is 1. The molecule has 1 aromatic heterocycles. The first-order valence-electron chi connectivity index (χ1n) is 5.43. The fraction of sp³-hybridized carbons (Fsp3) is 0.154. The van der Waals surface area contributed by atoms with Crippen LogP contribution in [0, 0.1) is 0 Å². The molecule has 0 saturated carbocycles. The van der Waals surface area contributed by atoms with Gasteiger partial charge >= 0.3 is 5.97 Å². The lowest BCUT2D eigenvalue weighted by Crippen LogP contribution is -1.92.